The van der Waals surface area contributed by atoms with E-state index in [1.54, 1.807) is 18.7 Å². The van der Waals surface area contributed by atoms with Crippen molar-refractivity contribution in [1.29, 1.82) is 0 Å². The van der Waals surface area contributed by atoms with Crippen LogP contribution >= 0.6 is 11.3 Å². The van der Waals surface area contributed by atoms with Gasteiger partial charge in [-0.05, 0) is 30.7 Å². The third-order valence-corrected chi connectivity index (χ3v) is 4.57. The molecule has 0 spiro atoms. The normalized spacial score (nSPS) is 20.2. The maximum atomic E-state index is 12.4. The molecule has 3 aromatic rings. The van der Waals surface area contributed by atoms with Crippen molar-refractivity contribution >= 4 is 22.4 Å². The van der Waals surface area contributed by atoms with Gasteiger partial charge in [-0.3, -0.25) is 9.78 Å². The fourth-order valence-electron chi connectivity index (χ4n) is 2.58. The summed E-state index contributed by atoms with van der Waals surface area (Å²) >= 11 is 1.40. The number of thiazole rings is 1. The van der Waals surface area contributed by atoms with Crippen LogP contribution in [0.3, 0.4) is 0 Å². The summed E-state index contributed by atoms with van der Waals surface area (Å²) in [4.78, 5) is 20.8. The molecule has 4 heterocycles. The first kappa shape index (κ1) is 15.0. The van der Waals surface area contributed by atoms with Gasteiger partial charge in [-0.1, -0.05) is 0 Å². The molecule has 8 heteroatoms. The average Bonchev–Trinajstić information content (AvgIpc) is 3.36. The molecule has 1 saturated heterocycles. The third-order valence-electron chi connectivity index (χ3n) is 3.82. The van der Waals surface area contributed by atoms with Gasteiger partial charge in [0.25, 0.3) is 0 Å². The zero-order chi connectivity index (χ0) is 16.4. The molecule has 7 nitrogen and oxygen atoms in total. The molecule has 3 aromatic heterocycles. The van der Waals surface area contributed by atoms with Crippen LogP contribution < -0.4 is 16.2 Å². The molecular weight excluding hydrogens is 326 g/mol. The molecule has 0 bridgehead atoms. The predicted molar refractivity (Wildman–Crippen MR) is 90.1 cm³/mol. The second-order valence-corrected chi connectivity index (χ2v) is 6.27. The molecule has 1 fully saturated rings. The molecule has 2 unspecified atom stereocenters. The molecular formula is C16H15N5O2S. The quantitative estimate of drug-likeness (QED) is 0.675. The van der Waals surface area contributed by atoms with Crippen LogP contribution in [-0.4, -0.2) is 21.9 Å². The van der Waals surface area contributed by atoms with Gasteiger partial charge < -0.3 is 9.73 Å². The maximum absolute atomic E-state index is 12.4. The van der Waals surface area contributed by atoms with Gasteiger partial charge in [0, 0.05) is 23.3 Å². The fourth-order valence-corrected chi connectivity index (χ4v) is 3.31. The molecule has 1 aliphatic heterocycles. The molecule has 3 N–H and O–H groups in total. The van der Waals surface area contributed by atoms with Crippen LogP contribution in [0, 0.1) is 0 Å². The Hall–Kier alpha value is -2.55. The summed E-state index contributed by atoms with van der Waals surface area (Å²) in [5.74, 6) is 0.694. The highest BCUT2D eigenvalue weighted by atomic mass is 32.1. The molecule has 4 rings (SSSR count). The minimum Gasteiger partial charge on any atom is -0.468 e. The Balaban J connectivity index is 1.39. The monoisotopic (exact) mass is 341 g/mol. The Morgan fingerprint density at radius 1 is 1.29 bits per heavy atom. The summed E-state index contributed by atoms with van der Waals surface area (Å²) in [6.07, 6.45) is 5.67. The minimum atomic E-state index is -0.339. The van der Waals surface area contributed by atoms with Gasteiger partial charge >= 0.3 is 0 Å². The zero-order valence-corrected chi connectivity index (χ0v) is 13.4. The van der Waals surface area contributed by atoms with Gasteiger partial charge in [0.1, 0.15) is 11.8 Å². The van der Waals surface area contributed by atoms with Crippen molar-refractivity contribution in [3.8, 4) is 11.3 Å². The predicted octanol–water partition coefficient (Wildman–Crippen LogP) is 2.34. The summed E-state index contributed by atoms with van der Waals surface area (Å²) in [5, 5.41) is 5.35. The van der Waals surface area contributed by atoms with Gasteiger partial charge in [-0.2, -0.15) is 0 Å². The molecule has 24 heavy (non-hydrogen) atoms. The first-order valence-corrected chi connectivity index (χ1v) is 8.39. The average molecular weight is 341 g/mol. The van der Waals surface area contributed by atoms with Gasteiger partial charge in [0.05, 0.1) is 18.0 Å². The van der Waals surface area contributed by atoms with E-state index < -0.39 is 0 Å². The van der Waals surface area contributed by atoms with Crippen molar-refractivity contribution in [3.05, 3.63) is 54.1 Å². The fraction of sp³-hybridized carbons (Fsp3) is 0.188. The van der Waals surface area contributed by atoms with E-state index in [4.69, 9.17) is 4.42 Å². The summed E-state index contributed by atoms with van der Waals surface area (Å²) in [6, 6.07) is 7.14. The number of rotatable bonds is 4. The van der Waals surface area contributed by atoms with Crippen LogP contribution in [0.4, 0.5) is 5.13 Å². The summed E-state index contributed by atoms with van der Waals surface area (Å²) in [5.41, 5.74) is 7.87. The SMILES string of the molecule is O=C(Nc1nc(-c2ccncc2)cs1)C1CC(c2ccco2)NN1. The molecule has 0 radical (unpaired) electrons. The van der Waals surface area contributed by atoms with Crippen LogP contribution in [0.5, 0.6) is 0 Å². The van der Waals surface area contributed by atoms with E-state index in [0.717, 1.165) is 17.0 Å². The summed E-state index contributed by atoms with van der Waals surface area (Å²) in [6.45, 7) is 0. The highest BCUT2D eigenvalue weighted by Crippen LogP contribution is 2.26. The standard InChI is InChI=1S/C16H15N5O2S/c22-15(12-8-11(20-21-12)14-2-1-7-23-14)19-16-18-13(9-24-16)10-3-5-17-6-4-10/h1-7,9,11-12,20-21H,8H2,(H,18,19,22). The highest BCUT2D eigenvalue weighted by molar-refractivity contribution is 7.14. The van der Waals surface area contributed by atoms with Crippen LogP contribution in [0.1, 0.15) is 18.2 Å². The molecule has 122 valence electrons. The van der Waals surface area contributed by atoms with Gasteiger partial charge in [-0.15, -0.1) is 11.3 Å². The number of aromatic nitrogens is 2. The first-order valence-electron chi connectivity index (χ1n) is 7.51. The zero-order valence-electron chi connectivity index (χ0n) is 12.6. The number of pyridine rings is 1. The lowest BCUT2D eigenvalue weighted by Crippen LogP contribution is -2.39. The molecule has 0 saturated carbocycles. The Labute approximate surface area is 142 Å². The first-order chi connectivity index (χ1) is 11.8. The van der Waals surface area contributed by atoms with E-state index >= 15 is 0 Å². The Bertz CT molecular complexity index is 818. The number of carbonyl (C=O) groups is 1. The van der Waals surface area contributed by atoms with Crippen molar-refractivity contribution < 1.29 is 9.21 Å². The van der Waals surface area contributed by atoms with Crippen LogP contribution in [0.15, 0.2) is 52.7 Å². The van der Waals surface area contributed by atoms with Crippen LogP contribution in [0.2, 0.25) is 0 Å². The van der Waals surface area contributed by atoms with Gasteiger partial charge in [0.2, 0.25) is 5.91 Å². The van der Waals surface area contributed by atoms with Crippen molar-refractivity contribution in [2.75, 3.05) is 5.32 Å². The van der Waals surface area contributed by atoms with E-state index in [9.17, 15) is 4.79 Å². The lowest BCUT2D eigenvalue weighted by atomic mass is 10.1. The van der Waals surface area contributed by atoms with Crippen molar-refractivity contribution in [2.45, 2.75) is 18.5 Å². The number of anilines is 1. The number of nitrogens with one attached hydrogen (secondary N) is 3. The van der Waals surface area contributed by atoms with Crippen molar-refractivity contribution in [3.63, 3.8) is 0 Å². The van der Waals surface area contributed by atoms with Gasteiger partial charge in [-0.25, -0.2) is 15.8 Å². The third kappa shape index (κ3) is 3.07. The highest BCUT2D eigenvalue weighted by Gasteiger charge is 2.31. The topological polar surface area (TPSA) is 92.1 Å². The Morgan fingerprint density at radius 3 is 2.96 bits per heavy atom. The van der Waals surface area contributed by atoms with Gasteiger partial charge in [0.15, 0.2) is 5.13 Å². The largest absolute Gasteiger partial charge is 0.468 e. The molecule has 1 aliphatic rings. The number of carbonyl (C=O) groups excluding carboxylic acids is 1. The number of furan rings is 1. The van der Waals surface area contributed by atoms with E-state index in [0.29, 0.717) is 11.6 Å². The summed E-state index contributed by atoms with van der Waals surface area (Å²) in [7, 11) is 0. The lowest BCUT2D eigenvalue weighted by Gasteiger charge is -2.07. The van der Waals surface area contributed by atoms with E-state index in [-0.39, 0.29) is 18.0 Å². The second-order valence-electron chi connectivity index (χ2n) is 5.41. The van der Waals surface area contributed by atoms with Crippen molar-refractivity contribution in [2.24, 2.45) is 0 Å². The smallest absolute Gasteiger partial charge is 0.244 e. The molecule has 0 aromatic carbocycles. The maximum Gasteiger partial charge on any atom is 0.244 e. The molecule has 2 atom stereocenters. The van der Waals surface area contributed by atoms with E-state index in [1.807, 2.05) is 29.6 Å². The number of nitrogens with zero attached hydrogens (tertiary/aromatic N) is 2. The van der Waals surface area contributed by atoms with Crippen molar-refractivity contribution in [1.82, 2.24) is 20.8 Å². The van der Waals surface area contributed by atoms with Crippen LogP contribution in [-0.2, 0) is 4.79 Å². The second kappa shape index (κ2) is 6.52. The minimum absolute atomic E-state index is 0.0144. The summed E-state index contributed by atoms with van der Waals surface area (Å²) < 4.78 is 5.37. The van der Waals surface area contributed by atoms with Crippen LogP contribution in [0.25, 0.3) is 11.3 Å². The lowest BCUT2D eigenvalue weighted by molar-refractivity contribution is -0.117. The molecule has 0 aliphatic carbocycles. The number of hydrazine groups is 1. The van der Waals surface area contributed by atoms with E-state index in [1.165, 1.54) is 11.3 Å². The number of hydrogen-bond acceptors (Lipinski definition) is 7. The Morgan fingerprint density at radius 2 is 2.17 bits per heavy atom. The molecule has 1 amide bonds. The Kier molecular flexibility index (Phi) is 4.08. The number of amides is 1. The van der Waals surface area contributed by atoms with E-state index in [2.05, 4.69) is 26.1 Å². The number of hydrogen-bond donors (Lipinski definition) is 3.